The summed E-state index contributed by atoms with van der Waals surface area (Å²) >= 11 is 5.91. The molecule has 1 amide bonds. The van der Waals surface area contributed by atoms with Crippen LogP contribution >= 0.6 is 11.6 Å². The van der Waals surface area contributed by atoms with E-state index in [2.05, 4.69) is 10.6 Å². The molecule has 27 heavy (non-hydrogen) atoms. The number of primary sulfonamides is 1. The van der Waals surface area contributed by atoms with Gasteiger partial charge in [-0.1, -0.05) is 11.6 Å². The molecular formula is C17H15ClN4O4S. The third-order valence-corrected chi connectivity index (χ3v) is 4.51. The van der Waals surface area contributed by atoms with Crippen LogP contribution in [0.15, 0.2) is 59.1 Å². The summed E-state index contributed by atoms with van der Waals surface area (Å²) in [6.07, 6.45) is 1.19. The average molecular weight is 407 g/mol. The predicted molar refractivity (Wildman–Crippen MR) is 102 cm³/mol. The van der Waals surface area contributed by atoms with Crippen LogP contribution in [-0.4, -0.2) is 21.4 Å². The van der Waals surface area contributed by atoms with E-state index in [0.717, 1.165) is 0 Å². The van der Waals surface area contributed by atoms with E-state index >= 15 is 0 Å². The van der Waals surface area contributed by atoms with Crippen molar-refractivity contribution in [3.05, 3.63) is 59.3 Å². The Morgan fingerprint density at radius 1 is 1.26 bits per heavy atom. The Labute approximate surface area is 161 Å². The fourth-order valence-electron chi connectivity index (χ4n) is 2.01. The van der Waals surface area contributed by atoms with Crippen molar-refractivity contribution in [2.45, 2.75) is 4.90 Å². The van der Waals surface area contributed by atoms with Crippen molar-refractivity contribution >= 4 is 38.9 Å². The van der Waals surface area contributed by atoms with Crippen molar-refractivity contribution in [1.29, 1.82) is 5.26 Å². The molecule has 0 aliphatic rings. The number of nitrogens with one attached hydrogen (secondary N) is 2. The van der Waals surface area contributed by atoms with Crippen LogP contribution in [0.25, 0.3) is 0 Å². The first-order valence-electron chi connectivity index (χ1n) is 7.39. The first-order chi connectivity index (χ1) is 12.7. The minimum Gasteiger partial charge on any atom is -0.495 e. The van der Waals surface area contributed by atoms with Crippen LogP contribution in [0, 0.1) is 11.3 Å². The Balaban J connectivity index is 2.15. The van der Waals surface area contributed by atoms with Crippen LogP contribution in [0.1, 0.15) is 0 Å². The number of hydrogen-bond acceptors (Lipinski definition) is 6. The van der Waals surface area contributed by atoms with Gasteiger partial charge in [0.15, 0.2) is 0 Å². The van der Waals surface area contributed by atoms with Gasteiger partial charge in [0.1, 0.15) is 17.4 Å². The largest absolute Gasteiger partial charge is 0.495 e. The summed E-state index contributed by atoms with van der Waals surface area (Å²) in [6, 6.07) is 11.9. The third kappa shape index (κ3) is 5.46. The Kier molecular flexibility index (Phi) is 6.41. The van der Waals surface area contributed by atoms with Gasteiger partial charge in [-0.3, -0.25) is 4.79 Å². The maximum absolute atomic E-state index is 12.3. The van der Waals surface area contributed by atoms with E-state index in [1.54, 1.807) is 18.2 Å². The Hall–Kier alpha value is -3.06. The Morgan fingerprint density at radius 3 is 2.48 bits per heavy atom. The van der Waals surface area contributed by atoms with E-state index in [9.17, 15) is 18.5 Å². The van der Waals surface area contributed by atoms with Gasteiger partial charge in [-0.2, -0.15) is 5.26 Å². The first kappa shape index (κ1) is 20.3. The summed E-state index contributed by atoms with van der Waals surface area (Å²) in [5.74, 6) is -0.289. The van der Waals surface area contributed by atoms with Gasteiger partial charge < -0.3 is 15.4 Å². The van der Waals surface area contributed by atoms with Crippen LogP contribution in [-0.2, 0) is 14.8 Å². The van der Waals surface area contributed by atoms with Crippen molar-refractivity contribution in [2.75, 3.05) is 17.7 Å². The molecule has 2 aromatic carbocycles. The van der Waals surface area contributed by atoms with Crippen molar-refractivity contribution in [1.82, 2.24) is 0 Å². The van der Waals surface area contributed by atoms with Crippen molar-refractivity contribution in [3.63, 3.8) is 0 Å². The highest BCUT2D eigenvalue weighted by Gasteiger charge is 2.13. The average Bonchev–Trinajstić information content (AvgIpc) is 2.62. The minimum atomic E-state index is -3.80. The topological polar surface area (TPSA) is 134 Å². The molecule has 2 aromatic rings. The molecule has 0 bridgehead atoms. The molecule has 140 valence electrons. The second kappa shape index (κ2) is 8.55. The highest BCUT2D eigenvalue weighted by molar-refractivity contribution is 7.89. The zero-order chi connectivity index (χ0) is 20.0. The van der Waals surface area contributed by atoms with Crippen LogP contribution in [0.4, 0.5) is 11.4 Å². The zero-order valence-electron chi connectivity index (χ0n) is 14.1. The molecule has 0 heterocycles. The molecule has 0 aliphatic heterocycles. The molecule has 0 saturated heterocycles. The number of amides is 1. The number of anilines is 2. The fourth-order valence-corrected chi connectivity index (χ4v) is 2.70. The maximum Gasteiger partial charge on any atom is 0.267 e. The SMILES string of the molecule is COc1ccc(Cl)cc1NC(=O)/C(C#N)=C\Nc1ccc(S(N)(=O)=O)cc1. The number of ether oxygens (including phenoxy) is 1. The molecule has 10 heteroatoms. The zero-order valence-corrected chi connectivity index (χ0v) is 15.6. The lowest BCUT2D eigenvalue weighted by Gasteiger charge is -2.10. The van der Waals surface area contributed by atoms with Gasteiger partial charge in [0.25, 0.3) is 5.91 Å². The van der Waals surface area contributed by atoms with Gasteiger partial charge in [-0.25, -0.2) is 13.6 Å². The van der Waals surface area contributed by atoms with Gasteiger partial charge in [-0.15, -0.1) is 0 Å². The number of benzene rings is 2. The number of nitrogens with two attached hydrogens (primary N) is 1. The second-order valence-electron chi connectivity index (χ2n) is 5.18. The molecule has 4 N–H and O–H groups in total. The summed E-state index contributed by atoms with van der Waals surface area (Å²) in [4.78, 5) is 12.2. The normalized spacial score (nSPS) is 11.4. The molecule has 0 radical (unpaired) electrons. The number of halogens is 1. The molecule has 0 atom stereocenters. The van der Waals surface area contributed by atoms with Gasteiger partial charge >= 0.3 is 0 Å². The van der Waals surface area contributed by atoms with Crippen molar-refractivity contribution < 1.29 is 17.9 Å². The molecule has 8 nitrogen and oxygen atoms in total. The second-order valence-corrected chi connectivity index (χ2v) is 7.18. The van der Waals surface area contributed by atoms with Crippen molar-refractivity contribution in [3.8, 4) is 11.8 Å². The van der Waals surface area contributed by atoms with Crippen LogP contribution in [0.5, 0.6) is 5.75 Å². The van der Waals surface area contributed by atoms with Crippen molar-refractivity contribution in [2.24, 2.45) is 5.14 Å². The van der Waals surface area contributed by atoms with E-state index in [0.29, 0.717) is 22.1 Å². The van der Waals surface area contributed by atoms with E-state index < -0.39 is 15.9 Å². The lowest BCUT2D eigenvalue weighted by atomic mass is 10.2. The molecule has 0 aromatic heterocycles. The number of nitriles is 1. The van der Waals surface area contributed by atoms with E-state index in [1.165, 1.54) is 43.6 Å². The standard InChI is InChI=1S/C17H15ClN4O4S/c1-26-16-7-2-12(18)8-15(16)22-17(23)11(9-19)10-21-13-3-5-14(6-4-13)27(20,24)25/h2-8,10,21H,1H3,(H,22,23)(H2,20,24,25)/b11-10-. The number of nitrogens with zero attached hydrogens (tertiary/aromatic N) is 1. The molecule has 0 saturated carbocycles. The minimum absolute atomic E-state index is 0.0525. The molecule has 0 spiro atoms. The lowest BCUT2D eigenvalue weighted by Crippen LogP contribution is -2.15. The van der Waals surface area contributed by atoms with Gasteiger partial charge in [0.05, 0.1) is 17.7 Å². The van der Waals surface area contributed by atoms with E-state index in [-0.39, 0.29) is 10.5 Å². The maximum atomic E-state index is 12.3. The number of hydrogen-bond donors (Lipinski definition) is 3. The highest BCUT2D eigenvalue weighted by atomic mass is 35.5. The molecular weight excluding hydrogens is 392 g/mol. The summed E-state index contributed by atoms with van der Waals surface area (Å²) in [6.45, 7) is 0. The number of methoxy groups -OCH3 is 1. The first-order valence-corrected chi connectivity index (χ1v) is 9.31. The number of carbonyl (C=O) groups excluding carboxylic acids is 1. The third-order valence-electron chi connectivity index (χ3n) is 3.34. The summed E-state index contributed by atoms with van der Waals surface area (Å²) in [7, 11) is -2.36. The Morgan fingerprint density at radius 2 is 1.93 bits per heavy atom. The van der Waals surface area contributed by atoms with E-state index in [1.807, 2.05) is 0 Å². The Bertz CT molecular complexity index is 1030. The number of rotatable bonds is 6. The lowest BCUT2D eigenvalue weighted by molar-refractivity contribution is -0.112. The molecule has 0 unspecified atom stereocenters. The molecule has 2 rings (SSSR count). The predicted octanol–water partition coefficient (Wildman–Crippen LogP) is 2.45. The van der Waals surface area contributed by atoms with Crippen LogP contribution in [0.2, 0.25) is 5.02 Å². The van der Waals surface area contributed by atoms with Gasteiger partial charge in [0, 0.05) is 16.9 Å². The number of carbonyl (C=O) groups is 1. The van der Waals surface area contributed by atoms with Gasteiger partial charge in [0.2, 0.25) is 10.0 Å². The van der Waals surface area contributed by atoms with E-state index in [4.69, 9.17) is 21.5 Å². The smallest absolute Gasteiger partial charge is 0.267 e. The molecule has 0 aliphatic carbocycles. The fraction of sp³-hybridized carbons (Fsp3) is 0.0588. The summed E-state index contributed by atoms with van der Waals surface area (Å²) < 4.78 is 27.6. The molecule has 0 fully saturated rings. The quantitative estimate of drug-likeness (QED) is 0.498. The monoisotopic (exact) mass is 406 g/mol. The number of sulfonamides is 1. The van der Waals surface area contributed by atoms with Crippen LogP contribution in [0.3, 0.4) is 0 Å². The van der Waals surface area contributed by atoms with Crippen LogP contribution < -0.4 is 20.5 Å². The summed E-state index contributed by atoms with van der Waals surface area (Å²) in [5.41, 5.74) is 0.560. The highest BCUT2D eigenvalue weighted by Crippen LogP contribution is 2.28. The van der Waals surface area contributed by atoms with Gasteiger partial charge in [-0.05, 0) is 42.5 Å². The summed E-state index contributed by atoms with van der Waals surface area (Å²) in [5, 5.41) is 19.9.